The molecule has 1 saturated carbocycles. The van der Waals surface area contributed by atoms with Crippen molar-refractivity contribution in [3.63, 3.8) is 0 Å². The highest BCUT2D eigenvalue weighted by Crippen LogP contribution is 2.34. The van der Waals surface area contributed by atoms with Crippen molar-refractivity contribution in [2.75, 3.05) is 26.2 Å². The van der Waals surface area contributed by atoms with Crippen LogP contribution in [0.25, 0.3) is 0 Å². The van der Waals surface area contributed by atoms with Gasteiger partial charge in [0.25, 0.3) is 0 Å². The third-order valence-corrected chi connectivity index (χ3v) is 5.24. The molecule has 0 spiro atoms. The van der Waals surface area contributed by atoms with Crippen molar-refractivity contribution in [2.24, 2.45) is 5.73 Å². The molecule has 4 nitrogen and oxygen atoms in total. The van der Waals surface area contributed by atoms with Crippen LogP contribution in [0, 0.1) is 0 Å². The predicted molar refractivity (Wildman–Crippen MR) is 86.9 cm³/mol. The Bertz CT molecular complexity index is 519. The monoisotopic (exact) mass is 351 g/mol. The SMILES string of the molecule is CC(c1ccc(Br)cc1)N1CCN(C(=O)C2(N)CC2)CC1. The van der Waals surface area contributed by atoms with Gasteiger partial charge in [-0.25, -0.2) is 0 Å². The van der Waals surface area contributed by atoms with Gasteiger partial charge < -0.3 is 10.6 Å². The van der Waals surface area contributed by atoms with Gasteiger partial charge in [0.1, 0.15) is 0 Å². The van der Waals surface area contributed by atoms with Gasteiger partial charge in [0, 0.05) is 36.7 Å². The van der Waals surface area contributed by atoms with E-state index in [2.05, 4.69) is 52.0 Å². The van der Waals surface area contributed by atoms with Gasteiger partial charge in [0.2, 0.25) is 5.91 Å². The molecule has 21 heavy (non-hydrogen) atoms. The van der Waals surface area contributed by atoms with Crippen molar-refractivity contribution < 1.29 is 4.79 Å². The molecule has 2 fully saturated rings. The van der Waals surface area contributed by atoms with Crippen LogP contribution < -0.4 is 5.73 Å². The summed E-state index contributed by atoms with van der Waals surface area (Å²) in [5.74, 6) is 0.151. The second-order valence-corrected chi connectivity index (χ2v) is 7.13. The number of piperazine rings is 1. The molecule has 1 aromatic carbocycles. The molecule has 0 radical (unpaired) electrons. The number of nitrogens with zero attached hydrogens (tertiary/aromatic N) is 2. The van der Waals surface area contributed by atoms with Crippen molar-refractivity contribution >= 4 is 21.8 Å². The van der Waals surface area contributed by atoms with Crippen molar-refractivity contribution in [2.45, 2.75) is 31.3 Å². The van der Waals surface area contributed by atoms with Gasteiger partial charge in [0.05, 0.1) is 5.54 Å². The van der Waals surface area contributed by atoms with Gasteiger partial charge in [-0.15, -0.1) is 0 Å². The van der Waals surface area contributed by atoms with Crippen LogP contribution in [0.4, 0.5) is 0 Å². The average Bonchev–Trinajstić information content (AvgIpc) is 3.26. The largest absolute Gasteiger partial charge is 0.339 e. The molecule has 3 rings (SSSR count). The first kappa shape index (κ1) is 15.0. The van der Waals surface area contributed by atoms with E-state index in [0.717, 1.165) is 43.5 Å². The molecule has 1 unspecified atom stereocenters. The fourth-order valence-corrected chi connectivity index (χ4v) is 3.19. The minimum atomic E-state index is -0.528. The van der Waals surface area contributed by atoms with Crippen molar-refractivity contribution in [1.82, 2.24) is 9.80 Å². The van der Waals surface area contributed by atoms with Crippen LogP contribution in [0.2, 0.25) is 0 Å². The zero-order chi connectivity index (χ0) is 15.0. The Morgan fingerprint density at radius 1 is 1.19 bits per heavy atom. The topological polar surface area (TPSA) is 49.6 Å². The summed E-state index contributed by atoms with van der Waals surface area (Å²) in [6.07, 6.45) is 1.70. The summed E-state index contributed by atoms with van der Waals surface area (Å²) in [7, 11) is 0. The standard InChI is InChI=1S/C16H22BrN3O/c1-12(13-2-4-14(17)5-3-13)19-8-10-20(11-9-19)15(21)16(18)6-7-16/h2-5,12H,6-11,18H2,1H3. The number of carbonyl (C=O) groups is 1. The number of rotatable bonds is 3. The highest BCUT2D eigenvalue weighted by Gasteiger charge is 2.48. The summed E-state index contributed by atoms with van der Waals surface area (Å²) in [5, 5.41) is 0. The van der Waals surface area contributed by atoms with Gasteiger partial charge in [-0.2, -0.15) is 0 Å². The van der Waals surface area contributed by atoms with E-state index in [0.29, 0.717) is 6.04 Å². The highest BCUT2D eigenvalue weighted by molar-refractivity contribution is 9.10. The van der Waals surface area contributed by atoms with E-state index in [-0.39, 0.29) is 5.91 Å². The van der Waals surface area contributed by atoms with Crippen LogP contribution >= 0.6 is 15.9 Å². The van der Waals surface area contributed by atoms with Crippen LogP contribution in [0.1, 0.15) is 31.4 Å². The number of amides is 1. The Morgan fingerprint density at radius 2 is 1.76 bits per heavy atom. The molecular weight excluding hydrogens is 330 g/mol. The summed E-state index contributed by atoms with van der Waals surface area (Å²) in [4.78, 5) is 16.6. The molecule has 1 heterocycles. The fraction of sp³-hybridized carbons (Fsp3) is 0.562. The molecule has 1 amide bonds. The molecule has 2 N–H and O–H groups in total. The van der Waals surface area contributed by atoms with E-state index in [1.54, 1.807) is 0 Å². The Balaban J connectivity index is 1.58. The van der Waals surface area contributed by atoms with Gasteiger partial charge >= 0.3 is 0 Å². The number of halogens is 1. The molecule has 1 aliphatic heterocycles. The van der Waals surface area contributed by atoms with E-state index >= 15 is 0 Å². The van der Waals surface area contributed by atoms with E-state index in [1.807, 2.05) is 4.90 Å². The smallest absolute Gasteiger partial charge is 0.242 e. The molecule has 5 heteroatoms. The second-order valence-electron chi connectivity index (χ2n) is 6.21. The lowest BCUT2D eigenvalue weighted by Gasteiger charge is -2.39. The summed E-state index contributed by atoms with van der Waals surface area (Å²) < 4.78 is 1.10. The second kappa shape index (κ2) is 5.71. The van der Waals surface area contributed by atoms with Crippen LogP contribution in [0.3, 0.4) is 0 Å². The molecule has 114 valence electrons. The average molecular weight is 352 g/mol. The molecule has 2 aliphatic rings. The van der Waals surface area contributed by atoms with E-state index in [4.69, 9.17) is 5.73 Å². The molecule has 1 atom stereocenters. The third-order valence-electron chi connectivity index (χ3n) is 4.72. The normalized spacial score (nSPS) is 22.9. The van der Waals surface area contributed by atoms with Crippen LogP contribution in [-0.4, -0.2) is 47.4 Å². The van der Waals surface area contributed by atoms with Crippen LogP contribution in [-0.2, 0) is 4.79 Å². The number of hydrogen-bond donors (Lipinski definition) is 1. The number of nitrogens with two attached hydrogens (primary N) is 1. The first-order valence-electron chi connectivity index (χ1n) is 7.57. The molecule has 1 aromatic rings. The fourth-order valence-electron chi connectivity index (χ4n) is 2.93. The van der Waals surface area contributed by atoms with E-state index in [9.17, 15) is 4.79 Å². The zero-order valence-corrected chi connectivity index (χ0v) is 14.0. The lowest BCUT2D eigenvalue weighted by molar-refractivity contribution is -0.135. The summed E-state index contributed by atoms with van der Waals surface area (Å²) >= 11 is 3.47. The van der Waals surface area contributed by atoms with Gasteiger partial charge in [-0.05, 0) is 37.5 Å². The third kappa shape index (κ3) is 3.15. The van der Waals surface area contributed by atoms with E-state index in [1.165, 1.54) is 5.56 Å². The first-order valence-corrected chi connectivity index (χ1v) is 8.37. The lowest BCUT2D eigenvalue weighted by Crippen LogP contribution is -2.54. The molecular formula is C16H22BrN3O. The Hall–Kier alpha value is -0.910. The minimum Gasteiger partial charge on any atom is -0.339 e. The molecule has 0 bridgehead atoms. The maximum Gasteiger partial charge on any atom is 0.242 e. The Labute approximate surface area is 134 Å². The van der Waals surface area contributed by atoms with Gasteiger partial charge in [-0.3, -0.25) is 9.69 Å². The molecule has 0 aromatic heterocycles. The minimum absolute atomic E-state index is 0.151. The number of benzene rings is 1. The van der Waals surface area contributed by atoms with Crippen molar-refractivity contribution in [3.8, 4) is 0 Å². The number of carbonyl (C=O) groups excluding carboxylic acids is 1. The number of hydrogen-bond acceptors (Lipinski definition) is 3. The van der Waals surface area contributed by atoms with Crippen molar-refractivity contribution in [1.29, 1.82) is 0 Å². The molecule has 1 saturated heterocycles. The zero-order valence-electron chi connectivity index (χ0n) is 12.4. The maximum absolute atomic E-state index is 12.2. The van der Waals surface area contributed by atoms with Crippen LogP contribution in [0.15, 0.2) is 28.7 Å². The Kier molecular flexibility index (Phi) is 4.08. The predicted octanol–water partition coefficient (Wildman–Crippen LogP) is 2.15. The van der Waals surface area contributed by atoms with Gasteiger partial charge in [0.15, 0.2) is 0 Å². The summed E-state index contributed by atoms with van der Waals surface area (Å²) in [6, 6.07) is 8.85. The lowest BCUT2D eigenvalue weighted by atomic mass is 10.1. The quantitative estimate of drug-likeness (QED) is 0.907. The summed E-state index contributed by atoms with van der Waals surface area (Å²) in [5.41, 5.74) is 6.80. The highest BCUT2D eigenvalue weighted by atomic mass is 79.9. The maximum atomic E-state index is 12.2. The molecule has 1 aliphatic carbocycles. The Morgan fingerprint density at radius 3 is 2.29 bits per heavy atom. The van der Waals surface area contributed by atoms with E-state index < -0.39 is 5.54 Å². The first-order chi connectivity index (χ1) is 9.99. The van der Waals surface area contributed by atoms with Crippen LogP contribution in [0.5, 0.6) is 0 Å². The van der Waals surface area contributed by atoms with Gasteiger partial charge in [-0.1, -0.05) is 28.1 Å². The summed E-state index contributed by atoms with van der Waals surface area (Å²) in [6.45, 7) is 5.64. The van der Waals surface area contributed by atoms with Crippen molar-refractivity contribution in [3.05, 3.63) is 34.3 Å².